The van der Waals surface area contributed by atoms with Gasteiger partial charge in [0.25, 0.3) is 0 Å². The van der Waals surface area contributed by atoms with Crippen molar-refractivity contribution in [3.63, 3.8) is 0 Å². The first-order chi connectivity index (χ1) is 16.0. The van der Waals surface area contributed by atoms with Crippen LogP contribution in [0.4, 0.5) is 8.78 Å². The first-order valence-electron chi connectivity index (χ1n) is 12.0. The molecule has 2 aromatic rings. The molecule has 33 heavy (non-hydrogen) atoms. The Bertz CT molecular complexity index is 988. The zero-order valence-corrected chi connectivity index (χ0v) is 19.1. The predicted octanol–water partition coefficient (Wildman–Crippen LogP) is 7.79. The fraction of sp³-hybridized carbons (Fsp3) is 0.414. The second-order valence-corrected chi connectivity index (χ2v) is 9.54. The summed E-state index contributed by atoms with van der Waals surface area (Å²) in [5.41, 5.74) is 1.60. The van der Waals surface area contributed by atoms with E-state index in [2.05, 4.69) is 19.2 Å². The second-order valence-electron chi connectivity index (χ2n) is 9.54. The topological polar surface area (TPSA) is 26.3 Å². The highest BCUT2D eigenvalue weighted by Gasteiger charge is 2.35. The molecule has 0 N–H and O–H groups in total. The minimum Gasteiger partial charge on any atom is -0.423 e. The molecule has 2 saturated carbocycles. The molecule has 4 unspecified atom stereocenters. The SMILES string of the molecule is C=CCCc1c(F)cc(OC(=O)c2ccc(C3CCC4CC(C=C)CCC4C3)cc2)cc1F. The molecule has 0 saturated heterocycles. The maximum absolute atomic E-state index is 14.2. The number of carbonyl (C=O) groups is 1. The average Bonchev–Trinajstić information content (AvgIpc) is 2.83. The molecular formula is C29H32F2O2. The lowest BCUT2D eigenvalue weighted by Gasteiger charge is -2.41. The lowest BCUT2D eigenvalue weighted by atomic mass is 9.64. The van der Waals surface area contributed by atoms with Crippen LogP contribution in [0, 0.1) is 29.4 Å². The van der Waals surface area contributed by atoms with E-state index in [1.807, 2.05) is 12.1 Å². The standard InChI is InChI=1S/C29H32F2O2/c1-3-5-6-26-27(30)17-25(18-28(26)31)33-29(32)21-11-9-20(10-12-21)23-14-13-22-15-19(4-2)7-8-24(22)16-23/h3-4,9-12,17-19,22-24H,1-2,5-8,13-16H2. The van der Waals surface area contributed by atoms with Crippen LogP contribution < -0.4 is 4.74 Å². The lowest BCUT2D eigenvalue weighted by molar-refractivity contribution is 0.0734. The fourth-order valence-electron chi connectivity index (χ4n) is 5.62. The van der Waals surface area contributed by atoms with Crippen LogP contribution >= 0.6 is 0 Å². The molecule has 2 aliphatic carbocycles. The molecule has 0 bridgehead atoms. The molecule has 4 atom stereocenters. The fourth-order valence-corrected chi connectivity index (χ4v) is 5.62. The molecule has 2 fully saturated rings. The molecule has 174 valence electrons. The molecule has 2 nitrogen and oxygen atoms in total. The number of fused-ring (bicyclic) bond motifs is 1. The van der Waals surface area contributed by atoms with Gasteiger partial charge < -0.3 is 4.74 Å². The van der Waals surface area contributed by atoms with Gasteiger partial charge in [0.15, 0.2) is 0 Å². The Hall–Kier alpha value is -2.75. The van der Waals surface area contributed by atoms with Crippen LogP contribution in [0.25, 0.3) is 0 Å². The number of hydrogen-bond donors (Lipinski definition) is 0. The quantitative estimate of drug-likeness (QED) is 0.244. The van der Waals surface area contributed by atoms with Gasteiger partial charge in [0.1, 0.15) is 17.4 Å². The normalized spacial score (nSPS) is 24.5. The van der Waals surface area contributed by atoms with Crippen molar-refractivity contribution in [2.24, 2.45) is 17.8 Å². The van der Waals surface area contributed by atoms with Gasteiger partial charge in [-0.15, -0.1) is 13.2 Å². The van der Waals surface area contributed by atoms with Gasteiger partial charge in [-0.05, 0) is 92.7 Å². The maximum Gasteiger partial charge on any atom is 0.343 e. The third-order valence-corrected chi connectivity index (χ3v) is 7.53. The lowest BCUT2D eigenvalue weighted by Crippen LogP contribution is -2.29. The van der Waals surface area contributed by atoms with E-state index in [-0.39, 0.29) is 17.7 Å². The molecule has 0 aromatic heterocycles. The highest BCUT2D eigenvalue weighted by atomic mass is 19.1. The highest BCUT2D eigenvalue weighted by molar-refractivity contribution is 5.91. The van der Waals surface area contributed by atoms with Crippen molar-refractivity contribution in [3.8, 4) is 5.75 Å². The number of benzene rings is 2. The molecular weight excluding hydrogens is 418 g/mol. The number of halogens is 2. The van der Waals surface area contributed by atoms with E-state index in [9.17, 15) is 13.6 Å². The number of carbonyl (C=O) groups excluding carboxylic acids is 1. The van der Waals surface area contributed by atoms with Crippen molar-refractivity contribution in [3.05, 3.63) is 90.0 Å². The van der Waals surface area contributed by atoms with E-state index >= 15 is 0 Å². The summed E-state index contributed by atoms with van der Waals surface area (Å²) >= 11 is 0. The molecule has 0 amide bonds. The van der Waals surface area contributed by atoms with E-state index in [1.54, 1.807) is 18.2 Å². The Kier molecular flexibility index (Phi) is 7.42. The predicted molar refractivity (Wildman–Crippen MR) is 127 cm³/mol. The van der Waals surface area contributed by atoms with Gasteiger partial charge in [-0.1, -0.05) is 24.3 Å². The van der Waals surface area contributed by atoms with Gasteiger partial charge in [0, 0.05) is 17.7 Å². The molecule has 2 aromatic carbocycles. The molecule has 0 spiro atoms. The van der Waals surface area contributed by atoms with Gasteiger partial charge in [-0.25, -0.2) is 13.6 Å². The first kappa shape index (κ1) is 23.4. The zero-order chi connectivity index (χ0) is 23.4. The summed E-state index contributed by atoms with van der Waals surface area (Å²) in [7, 11) is 0. The minimum atomic E-state index is -0.715. The summed E-state index contributed by atoms with van der Waals surface area (Å²) in [6.07, 6.45) is 11.9. The summed E-state index contributed by atoms with van der Waals surface area (Å²) < 4.78 is 33.7. The van der Waals surface area contributed by atoms with E-state index in [4.69, 9.17) is 4.74 Å². The van der Waals surface area contributed by atoms with Crippen LogP contribution in [0.3, 0.4) is 0 Å². The number of esters is 1. The van der Waals surface area contributed by atoms with Gasteiger partial charge in [-0.3, -0.25) is 0 Å². The smallest absolute Gasteiger partial charge is 0.343 e. The van der Waals surface area contributed by atoms with E-state index in [0.717, 1.165) is 24.0 Å². The molecule has 0 radical (unpaired) electrons. The average molecular weight is 451 g/mol. The Morgan fingerprint density at radius 3 is 2.30 bits per heavy atom. The van der Waals surface area contributed by atoms with Crippen LogP contribution in [0.2, 0.25) is 0 Å². The molecule has 4 rings (SSSR count). The summed E-state index contributed by atoms with van der Waals surface area (Å²) in [6.45, 7) is 7.55. The van der Waals surface area contributed by atoms with Gasteiger partial charge >= 0.3 is 5.97 Å². The first-order valence-corrected chi connectivity index (χ1v) is 12.0. The Labute approximate surface area is 195 Å². The summed E-state index contributed by atoms with van der Waals surface area (Å²) in [6, 6.07) is 9.63. The number of ether oxygens (including phenoxy) is 1. The maximum atomic E-state index is 14.2. The van der Waals surface area contributed by atoms with Crippen molar-refractivity contribution in [2.75, 3.05) is 0 Å². The third kappa shape index (κ3) is 5.43. The van der Waals surface area contributed by atoms with E-state index in [1.165, 1.54) is 44.1 Å². The monoisotopic (exact) mass is 450 g/mol. The van der Waals surface area contributed by atoms with Gasteiger partial charge in [0.05, 0.1) is 5.56 Å². The van der Waals surface area contributed by atoms with E-state index in [0.29, 0.717) is 23.8 Å². The van der Waals surface area contributed by atoms with Crippen molar-refractivity contribution in [1.29, 1.82) is 0 Å². The van der Waals surface area contributed by atoms with Crippen LogP contribution in [0.15, 0.2) is 61.7 Å². The van der Waals surface area contributed by atoms with E-state index < -0.39 is 17.6 Å². The molecule has 2 aliphatic rings. The molecule has 4 heteroatoms. The Morgan fingerprint density at radius 2 is 1.64 bits per heavy atom. The summed E-state index contributed by atoms with van der Waals surface area (Å²) in [5, 5.41) is 0. The second kappa shape index (κ2) is 10.5. The molecule has 0 heterocycles. The van der Waals surface area contributed by atoms with Gasteiger partial charge in [-0.2, -0.15) is 0 Å². The molecule has 0 aliphatic heterocycles. The summed E-state index contributed by atoms with van der Waals surface area (Å²) in [5.74, 6) is 0.613. The van der Waals surface area contributed by atoms with Crippen molar-refractivity contribution >= 4 is 5.97 Å². The van der Waals surface area contributed by atoms with Crippen LogP contribution in [0.1, 0.15) is 72.3 Å². The van der Waals surface area contributed by atoms with Crippen molar-refractivity contribution in [1.82, 2.24) is 0 Å². The van der Waals surface area contributed by atoms with Gasteiger partial charge in [0.2, 0.25) is 0 Å². The van der Waals surface area contributed by atoms with Crippen LogP contribution in [0.5, 0.6) is 5.75 Å². The third-order valence-electron chi connectivity index (χ3n) is 7.53. The Balaban J connectivity index is 1.38. The highest BCUT2D eigenvalue weighted by Crippen LogP contribution is 2.47. The minimum absolute atomic E-state index is 0.0215. The number of hydrogen-bond acceptors (Lipinski definition) is 2. The Morgan fingerprint density at radius 1 is 0.970 bits per heavy atom. The number of rotatable bonds is 7. The number of allylic oxidation sites excluding steroid dienone is 2. The van der Waals surface area contributed by atoms with Crippen molar-refractivity contribution in [2.45, 2.75) is 57.3 Å². The van der Waals surface area contributed by atoms with Crippen LogP contribution in [-0.2, 0) is 6.42 Å². The largest absolute Gasteiger partial charge is 0.423 e. The van der Waals surface area contributed by atoms with Crippen molar-refractivity contribution < 1.29 is 18.3 Å². The zero-order valence-electron chi connectivity index (χ0n) is 19.1. The summed E-state index contributed by atoms with van der Waals surface area (Å²) in [4.78, 5) is 12.5. The van der Waals surface area contributed by atoms with Crippen LogP contribution in [-0.4, -0.2) is 5.97 Å².